The van der Waals surface area contributed by atoms with Gasteiger partial charge in [0.15, 0.2) is 0 Å². The summed E-state index contributed by atoms with van der Waals surface area (Å²) in [5.74, 6) is -0.276. The van der Waals surface area contributed by atoms with Crippen LogP contribution in [0.4, 0.5) is 5.69 Å². The van der Waals surface area contributed by atoms with Crippen LogP contribution in [0.1, 0.15) is 25.7 Å². The predicted molar refractivity (Wildman–Crippen MR) is 78.1 cm³/mol. The Morgan fingerprint density at radius 3 is 2.50 bits per heavy atom. The molecule has 1 aliphatic rings. The second kappa shape index (κ2) is 6.05. The number of hydrogen-bond acceptors (Lipinski definition) is 3. The first-order chi connectivity index (χ1) is 9.48. The third-order valence-corrected chi connectivity index (χ3v) is 3.72. The van der Waals surface area contributed by atoms with Crippen LogP contribution in [0.5, 0.6) is 0 Å². The number of carbonyl (C=O) groups excluding carboxylic acids is 2. The number of nitrogens with two attached hydrogens (primary N) is 1. The van der Waals surface area contributed by atoms with E-state index in [9.17, 15) is 9.59 Å². The van der Waals surface area contributed by atoms with Crippen LogP contribution in [0.15, 0.2) is 30.3 Å². The molecule has 0 aliphatic heterocycles. The van der Waals surface area contributed by atoms with E-state index >= 15 is 0 Å². The summed E-state index contributed by atoms with van der Waals surface area (Å²) in [5, 5.41) is 2.75. The molecule has 0 bridgehead atoms. The van der Waals surface area contributed by atoms with Gasteiger partial charge in [-0.2, -0.15) is 0 Å². The van der Waals surface area contributed by atoms with Crippen LogP contribution in [-0.2, 0) is 9.59 Å². The molecule has 1 fully saturated rings. The summed E-state index contributed by atoms with van der Waals surface area (Å²) in [5.41, 5.74) is 6.43. The predicted octanol–water partition coefficient (Wildman–Crippen LogP) is 1.35. The van der Waals surface area contributed by atoms with E-state index in [1.807, 2.05) is 30.3 Å². The van der Waals surface area contributed by atoms with Gasteiger partial charge in [-0.05, 0) is 31.4 Å². The molecule has 0 unspecified atom stereocenters. The van der Waals surface area contributed by atoms with Gasteiger partial charge < -0.3 is 16.0 Å². The van der Waals surface area contributed by atoms with Gasteiger partial charge in [-0.15, -0.1) is 0 Å². The zero-order valence-corrected chi connectivity index (χ0v) is 11.8. The quantitative estimate of drug-likeness (QED) is 0.852. The van der Waals surface area contributed by atoms with E-state index in [1.165, 1.54) is 4.90 Å². The van der Waals surface area contributed by atoms with Crippen molar-refractivity contribution in [3.8, 4) is 0 Å². The number of rotatable bonds is 5. The average molecular weight is 275 g/mol. The molecule has 108 valence electrons. The van der Waals surface area contributed by atoms with Gasteiger partial charge in [0.2, 0.25) is 11.8 Å². The fraction of sp³-hybridized carbons (Fsp3) is 0.467. The van der Waals surface area contributed by atoms with Crippen molar-refractivity contribution in [2.45, 2.75) is 31.2 Å². The molecule has 5 heteroatoms. The largest absolute Gasteiger partial charge is 0.336 e. The number of carbonyl (C=O) groups is 2. The van der Waals surface area contributed by atoms with Crippen molar-refractivity contribution >= 4 is 17.5 Å². The minimum atomic E-state index is -0.346. The molecule has 0 saturated heterocycles. The molecule has 1 aromatic rings. The highest BCUT2D eigenvalue weighted by Crippen LogP contribution is 2.32. The summed E-state index contributed by atoms with van der Waals surface area (Å²) in [6, 6.07) is 9.19. The summed E-state index contributed by atoms with van der Waals surface area (Å²) >= 11 is 0. The standard InChI is InChI=1S/C15H21N3O2/c1-18(14(20)10-15(16)8-5-9-15)11-13(19)17-12-6-3-2-4-7-12/h2-4,6-7H,5,8-11,16H2,1H3,(H,17,19). The van der Waals surface area contributed by atoms with E-state index < -0.39 is 0 Å². The second-order valence-corrected chi connectivity index (χ2v) is 5.56. The Morgan fingerprint density at radius 2 is 1.95 bits per heavy atom. The Balaban J connectivity index is 1.80. The van der Waals surface area contributed by atoms with Crippen molar-refractivity contribution in [2.24, 2.45) is 5.73 Å². The van der Waals surface area contributed by atoms with Crippen molar-refractivity contribution in [2.75, 3.05) is 18.9 Å². The molecule has 20 heavy (non-hydrogen) atoms. The number of benzene rings is 1. The lowest BCUT2D eigenvalue weighted by Crippen LogP contribution is -2.50. The fourth-order valence-corrected chi connectivity index (χ4v) is 2.27. The van der Waals surface area contributed by atoms with E-state index in [4.69, 9.17) is 5.73 Å². The molecular formula is C15H21N3O2. The Kier molecular flexibility index (Phi) is 4.39. The normalized spacial score (nSPS) is 16.1. The Bertz CT molecular complexity index is 483. The highest BCUT2D eigenvalue weighted by Gasteiger charge is 2.35. The summed E-state index contributed by atoms with van der Waals surface area (Å²) < 4.78 is 0. The van der Waals surface area contributed by atoms with E-state index in [-0.39, 0.29) is 23.9 Å². The Hall–Kier alpha value is -1.88. The van der Waals surface area contributed by atoms with Crippen molar-refractivity contribution < 1.29 is 9.59 Å². The second-order valence-electron chi connectivity index (χ2n) is 5.56. The van der Waals surface area contributed by atoms with Crippen LogP contribution in [0.2, 0.25) is 0 Å². The topological polar surface area (TPSA) is 75.4 Å². The Morgan fingerprint density at radius 1 is 1.30 bits per heavy atom. The van der Waals surface area contributed by atoms with E-state index in [0.717, 1.165) is 24.9 Å². The molecule has 0 aromatic heterocycles. The van der Waals surface area contributed by atoms with E-state index in [0.29, 0.717) is 6.42 Å². The molecule has 0 heterocycles. The minimum Gasteiger partial charge on any atom is -0.336 e. The molecule has 0 spiro atoms. The highest BCUT2D eigenvalue weighted by atomic mass is 16.2. The maximum atomic E-state index is 12.0. The maximum Gasteiger partial charge on any atom is 0.243 e. The highest BCUT2D eigenvalue weighted by molar-refractivity contribution is 5.94. The molecule has 1 saturated carbocycles. The molecule has 1 aliphatic carbocycles. The van der Waals surface area contributed by atoms with Crippen LogP contribution in [-0.4, -0.2) is 35.8 Å². The lowest BCUT2D eigenvalue weighted by Gasteiger charge is -2.38. The van der Waals surface area contributed by atoms with Crippen molar-refractivity contribution in [3.05, 3.63) is 30.3 Å². The lowest BCUT2D eigenvalue weighted by molar-refractivity contribution is -0.135. The van der Waals surface area contributed by atoms with Crippen LogP contribution in [0, 0.1) is 0 Å². The zero-order chi connectivity index (χ0) is 14.6. The number of hydrogen-bond donors (Lipinski definition) is 2. The van der Waals surface area contributed by atoms with Crippen LogP contribution in [0.3, 0.4) is 0 Å². The molecule has 1 aromatic carbocycles. The van der Waals surface area contributed by atoms with Crippen molar-refractivity contribution in [1.82, 2.24) is 4.90 Å². The first-order valence-corrected chi connectivity index (χ1v) is 6.86. The number of para-hydroxylation sites is 1. The van der Waals surface area contributed by atoms with Gasteiger partial charge in [-0.3, -0.25) is 9.59 Å². The van der Waals surface area contributed by atoms with Crippen molar-refractivity contribution in [1.29, 1.82) is 0 Å². The van der Waals surface area contributed by atoms with Crippen LogP contribution >= 0.6 is 0 Å². The van der Waals surface area contributed by atoms with Crippen molar-refractivity contribution in [3.63, 3.8) is 0 Å². The van der Waals surface area contributed by atoms with Gasteiger partial charge in [-0.1, -0.05) is 18.2 Å². The zero-order valence-electron chi connectivity index (χ0n) is 11.8. The Labute approximate surface area is 119 Å². The molecule has 2 rings (SSSR count). The van der Waals surface area contributed by atoms with Crippen LogP contribution < -0.4 is 11.1 Å². The van der Waals surface area contributed by atoms with E-state index in [2.05, 4.69) is 5.32 Å². The molecule has 0 radical (unpaired) electrons. The van der Waals surface area contributed by atoms with Gasteiger partial charge in [0.1, 0.15) is 0 Å². The lowest BCUT2D eigenvalue weighted by atomic mass is 9.75. The molecular weight excluding hydrogens is 254 g/mol. The first kappa shape index (κ1) is 14.5. The SMILES string of the molecule is CN(CC(=O)Nc1ccccc1)C(=O)CC1(N)CCC1. The van der Waals surface area contributed by atoms with Gasteiger partial charge in [0.25, 0.3) is 0 Å². The molecule has 5 nitrogen and oxygen atoms in total. The number of nitrogens with one attached hydrogen (secondary N) is 1. The summed E-state index contributed by atoms with van der Waals surface area (Å²) in [4.78, 5) is 25.3. The minimum absolute atomic E-state index is 0.0454. The van der Waals surface area contributed by atoms with Gasteiger partial charge >= 0.3 is 0 Å². The number of likely N-dealkylation sites (N-methyl/N-ethyl adjacent to an activating group) is 1. The monoisotopic (exact) mass is 275 g/mol. The molecule has 0 atom stereocenters. The number of anilines is 1. The summed E-state index contributed by atoms with van der Waals surface area (Å²) in [6.07, 6.45) is 3.19. The smallest absolute Gasteiger partial charge is 0.243 e. The number of amides is 2. The summed E-state index contributed by atoms with van der Waals surface area (Å²) in [6.45, 7) is 0.0454. The molecule has 3 N–H and O–H groups in total. The van der Waals surface area contributed by atoms with Gasteiger partial charge in [0.05, 0.1) is 6.54 Å². The third kappa shape index (κ3) is 3.81. The molecule has 2 amide bonds. The summed E-state index contributed by atoms with van der Waals surface area (Å²) in [7, 11) is 1.63. The van der Waals surface area contributed by atoms with Gasteiger partial charge in [0, 0.05) is 24.7 Å². The van der Waals surface area contributed by atoms with Gasteiger partial charge in [-0.25, -0.2) is 0 Å². The number of nitrogens with zero attached hydrogens (tertiary/aromatic N) is 1. The van der Waals surface area contributed by atoms with E-state index in [1.54, 1.807) is 7.05 Å². The third-order valence-electron chi connectivity index (χ3n) is 3.72. The van der Waals surface area contributed by atoms with Crippen LogP contribution in [0.25, 0.3) is 0 Å². The average Bonchev–Trinajstić information content (AvgIpc) is 2.37. The maximum absolute atomic E-state index is 12.0. The first-order valence-electron chi connectivity index (χ1n) is 6.86. The fourth-order valence-electron chi connectivity index (χ4n) is 2.27.